The van der Waals surface area contributed by atoms with Crippen molar-refractivity contribution in [1.82, 2.24) is 10.3 Å². The van der Waals surface area contributed by atoms with Crippen LogP contribution < -0.4 is 11.1 Å². The molecule has 0 saturated carbocycles. The summed E-state index contributed by atoms with van der Waals surface area (Å²) < 4.78 is 4.72. The fourth-order valence-electron chi connectivity index (χ4n) is 1.70. The number of ether oxygens (including phenoxy) is 1. The van der Waals surface area contributed by atoms with Gasteiger partial charge in [0.25, 0.3) is 0 Å². The minimum atomic E-state index is -0.877. The lowest BCUT2D eigenvalue weighted by molar-refractivity contribution is -0.144. The first-order valence-electron chi connectivity index (χ1n) is 6.77. The molecule has 0 radical (unpaired) electrons. The number of primary amides is 1. The fraction of sp³-hybridized carbons (Fsp3) is 0.429. The summed E-state index contributed by atoms with van der Waals surface area (Å²) in [6.45, 7) is 1.94. The summed E-state index contributed by atoms with van der Waals surface area (Å²) in [4.78, 5) is 38.2. The van der Waals surface area contributed by atoms with Gasteiger partial charge in [-0.2, -0.15) is 0 Å². The molecular formula is C14H18ClN3O4. The molecule has 0 aromatic carbocycles. The summed E-state index contributed by atoms with van der Waals surface area (Å²) in [7, 11) is 0. The molecular weight excluding hydrogens is 310 g/mol. The van der Waals surface area contributed by atoms with E-state index in [4.69, 9.17) is 22.1 Å². The number of amides is 2. The molecule has 7 nitrogen and oxygen atoms in total. The molecule has 0 aliphatic rings. The van der Waals surface area contributed by atoms with Gasteiger partial charge < -0.3 is 15.8 Å². The third-order valence-corrected chi connectivity index (χ3v) is 2.99. The van der Waals surface area contributed by atoms with E-state index in [1.807, 2.05) is 0 Å². The Bertz CT molecular complexity index is 533. The average Bonchev–Trinajstić information content (AvgIpc) is 2.47. The summed E-state index contributed by atoms with van der Waals surface area (Å²) in [6, 6.07) is 2.39. The molecule has 22 heavy (non-hydrogen) atoms. The van der Waals surface area contributed by atoms with Crippen molar-refractivity contribution < 1.29 is 19.1 Å². The number of carbonyl (C=O) groups excluding carboxylic acids is 3. The second-order valence-corrected chi connectivity index (χ2v) is 4.91. The number of esters is 1. The summed E-state index contributed by atoms with van der Waals surface area (Å²) in [5.41, 5.74) is 5.98. The van der Waals surface area contributed by atoms with Crippen molar-refractivity contribution in [3.05, 3.63) is 29.0 Å². The van der Waals surface area contributed by atoms with Gasteiger partial charge in [0.2, 0.25) is 11.8 Å². The number of hydrogen-bond acceptors (Lipinski definition) is 5. The van der Waals surface area contributed by atoms with Crippen LogP contribution in [0.25, 0.3) is 0 Å². The van der Waals surface area contributed by atoms with E-state index in [0.29, 0.717) is 10.7 Å². The number of halogens is 1. The Morgan fingerprint density at radius 3 is 2.64 bits per heavy atom. The van der Waals surface area contributed by atoms with Gasteiger partial charge in [-0.25, -0.2) is 4.98 Å². The van der Waals surface area contributed by atoms with Gasteiger partial charge in [0.15, 0.2) is 0 Å². The standard InChI is InChI=1S/C14H18ClN3O4/c1-2-22-13(20)6-5-12(19)18-10(14(16)21)7-9-3-4-11(15)17-8-9/h3-4,8,10H,2,5-7H2,1H3,(H2,16,21)(H,18,19)/t10-/m1/s1. The van der Waals surface area contributed by atoms with E-state index in [1.54, 1.807) is 19.1 Å². The Morgan fingerprint density at radius 2 is 2.09 bits per heavy atom. The summed E-state index contributed by atoms with van der Waals surface area (Å²) in [5.74, 6) is -1.58. The van der Waals surface area contributed by atoms with Gasteiger partial charge in [-0.3, -0.25) is 14.4 Å². The van der Waals surface area contributed by atoms with Crippen LogP contribution in [0.1, 0.15) is 25.3 Å². The number of aromatic nitrogens is 1. The first-order chi connectivity index (χ1) is 10.4. The van der Waals surface area contributed by atoms with Crippen LogP contribution in [0.2, 0.25) is 5.15 Å². The molecule has 1 atom stereocenters. The average molecular weight is 328 g/mol. The molecule has 8 heteroatoms. The van der Waals surface area contributed by atoms with Crippen molar-refractivity contribution in [3.63, 3.8) is 0 Å². The van der Waals surface area contributed by atoms with Crippen LogP contribution in [0.5, 0.6) is 0 Å². The fourth-order valence-corrected chi connectivity index (χ4v) is 1.81. The molecule has 0 aliphatic carbocycles. The quantitative estimate of drug-likeness (QED) is 0.536. The zero-order valence-electron chi connectivity index (χ0n) is 12.2. The van der Waals surface area contributed by atoms with Gasteiger partial charge >= 0.3 is 5.97 Å². The molecule has 0 spiro atoms. The smallest absolute Gasteiger partial charge is 0.306 e. The van der Waals surface area contributed by atoms with Crippen LogP contribution in [-0.4, -0.2) is 35.4 Å². The van der Waals surface area contributed by atoms with Crippen LogP contribution in [0.4, 0.5) is 0 Å². The van der Waals surface area contributed by atoms with Crippen molar-refractivity contribution in [2.75, 3.05) is 6.61 Å². The van der Waals surface area contributed by atoms with E-state index in [9.17, 15) is 14.4 Å². The molecule has 0 fully saturated rings. The molecule has 1 aromatic rings. The highest BCUT2D eigenvalue weighted by atomic mass is 35.5. The monoisotopic (exact) mass is 327 g/mol. The predicted octanol–water partition coefficient (Wildman–Crippen LogP) is 0.591. The van der Waals surface area contributed by atoms with Crippen molar-refractivity contribution >= 4 is 29.4 Å². The molecule has 0 aliphatic heterocycles. The summed E-state index contributed by atoms with van der Waals surface area (Å²) in [5, 5.41) is 2.83. The van der Waals surface area contributed by atoms with E-state index in [1.165, 1.54) is 6.20 Å². The van der Waals surface area contributed by atoms with Crippen LogP contribution in [-0.2, 0) is 25.5 Å². The van der Waals surface area contributed by atoms with Crippen LogP contribution >= 0.6 is 11.6 Å². The van der Waals surface area contributed by atoms with Crippen LogP contribution in [0, 0.1) is 0 Å². The molecule has 1 heterocycles. The molecule has 2 amide bonds. The number of carbonyl (C=O) groups is 3. The normalized spacial score (nSPS) is 11.5. The number of rotatable bonds is 8. The summed E-state index contributed by atoms with van der Waals surface area (Å²) >= 11 is 5.68. The second kappa shape index (κ2) is 8.99. The lowest BCUT2D eigenvalue weighted by Gasteiger charge is -2.15. The molecule has 1 aromatic heterocycles. The topological polar surface area (TPSA) is 111 Å². The number of nitrogens with one attached hydrogen (secondary N) is 1. The van der Waals surface area contributed by atoms with E-state index in [0.717, 1.165) is 0 Å². The first-order valence-corrected chi connectivity index (χ1v) is 7.15. The summed E-state index contributed by atoms with van der Waals surface area (Å²) in [6.07, 6.45) is 1.59. The minimum absolute atomic E-state index is 0.0480. The van der Waals surface area contributed by atoms with E-state index in [2.05, 4.69) is 10.3 Å². The van der Waals surface area contributed by atoms with Crippen molar-refractivity contribution in [2.45, 2.75) is 32.2 Å². The highest BCUT2D eigenvalue weighted by Crippen LogP contribution is 2.08. The lowest BCUT2D eigenvalue weighted by Crippen LogP contribution is -2.45. The Balaban J connectivity index is 2.53. The predicted molar refractivity (Wildman–Crippen MR) is 79.9 cm³/mol. The molecule has 3 N–H and O–H groups in total. The van der Waals surface area contributed by atoms with Crippen LogP contribution in [0.3, 0.4) is 0 Å². The minimum Gasteiger partial charge on any atom is -0.466 e. The third kappa shape index (κ3) is 6.53. The molecule has 120 valence electrons. The SMILES string of the molecule is CCOC(=O)CCC(=O)N[C@H](Cc1ccc(Cl)nc1)C(N)=O. The van der Waals surface area contributed by atoms with Crippen molar-refractivity contribution in [1.29, 1.82) is 0 Å². The van der Waals surface area contributed by atoms with E-state index < -0.39 is 23.8 Å². The maximum absolute atomic E-state index is 11.7. The van der Waals surface area contributed by atoms with Gasteiger partial charge in [-0.15, -0.1) is 0 Å². The maximum atomic E-state index is 11.7. The lowest BCUT2D eigenvalue weighted by atomic mass is 10.1. The number of hydrogen-bond donors (Lipinski definition) is 2. The highest BCUT2D eigenvalue weighted by molar-refractivity contribution is 6.29. The largest absolute Gasteiger partial charge is 0.466 e. The van der Waals surface area contributed by atoms with Crippen molar-refractivity contribution in [3.8, 4) is 0 Å². The Kier molecular flexibility index (Phi) is 7.31. The van der Waals surface area contributed by atoms with Gasteiger partial charge in [0.1, 0.15) is 11.2 Å². The van der Waals surface area contributed by atoms with Crippen LogP contribution in [0.15, 0.2) is 18.3 Å². The molecule has 0 saturated heterocycles. The number of nitrogens with two attached hydrogens (primary N) is 1. The van der Waals surface area contributed by atoms with Gasteiger partial charge in [-0.1, -0.05) is 17.7 Å². The number of pyridine rings is 1. The van der Waals surface area contributed by atoms with Crippen molar-refractivity contribution in [2.24, 2.45) is 5.73 Å². The van der Waals surface area contributed by atoms with Gasteiger partial charge in [0, 0.05) is 19.0 Å². The molecule has 0 unspecified atom stereocenters. The Morgan fingerprint density at radius 1 is 1.36 bits per heavy atom. The first kappa shape index (κ1) is 17.9. The van der Waals surface area contributed by atoms with Gasteiger partial charge in [-0.05, 0) is 18.6 Å². The van der Waals surface area contributed by atoms with Gasteiger partial charge in [0.05, 0.1) is 13.0 Å². The number of nitrogens with zero attached hydrogens (tertiary/aromatic N) is 1. The molecule has 1 rings (SSSR count). The zero-order valence-corrected chi connectivity index (χ0v) is 12.9. The van der Waals surface area contributed by atoms with E-state index in [-0.39, 0.29) is 25.9 Å². The third-order valence-electron chi connectivity index (χ3n) is 2.77. The zero-order chi connectivity index (χ0) is 16.5. The molecule has 0 bridgehead atoms. The second-order valence-electron chi connectivity index (χ2n) is 4.52. The Labute approximate surface area is 133 Å². The van der Waals surface area contributed by atoms with E-state index >= 15 is 0 Å². The Hall–Kier alpha value is -2.15. The maximum Gasteiger partial charge on any atom is 0.306 e. The highest BCUT2D eigenvalue weighted by Gasteiger charge is 2.19.